The zero-order chi connectivity index (χ0) is 29.3. The van der Waals surface area contributed by atoms with Gasteiger partial charge in [0.15, 0.2) is 0 Å². The van der Waals surface area contributed by atoms with Crippen LogP contribution >= 0.6 is 0 Å². The van der Waals surface area contributed by atoms with Crippen molar-refractivity contribution in [3.8, 4) is 28.4 Å². The first-order chi connectivity index (χ1) is 19.5. The third-order valence-electron chi connectivity index (χ3n) is 7.77. The van der Waals surface area contributed by atoms with Gasteiger partial charge in [-0.15, -0.1) is 0 Å². The molecule has 0 N–H and O–H groups in total. The van der Waals surface area contributed by atoms with Crippen LogP contribution in [0, 0.1) is 19.7 Å². The second-order valence-corrected chi connectivity index (χ2v) is 13.1. The number of benzene rings is 3. The molecule has 3 aromatic carbocycles. The molecule has 7 nitrogen and oxygen atoms in total. The lowest BCUT2D eigenvalue weighted by Crippen LogP contribution is -2.09. The molecular weight excluding hydrogens is 547 g/mol. The molecule has 0 radical (unpaired) electrons. The fourth-order valence-corrected chi connectivity index (χ4v) is 6.56. The number of methoxy groups -OCH3 is 1. The summed E-state index contributed by atoms with van der Waals surface area (Å²) in [4.78, 5) is 11.7. The number of halogens is 1. The zero-order valence-corrected chi connectivity index (χ0v) is 24.6. The standard InChI is InChI=1S/C32H35FO7S/c1-19-14-23(38-12-5-13-41(4,35)36)15-20(2)31(19)25-8-10-27(33)32-26(25)9-11-28(32)40-22-6-7-24-21(16-30(34)37-3)18-39-29(24)17-22/h6-8,10,14-15,17,21,28H,5,9,11-13,16,18H2,1-4H3/t21-,28-/m1/s1. The monoisotopic (exact) mass is 582 g/mol. The van der Waals surface area contributed by atoms with Gasteiger partial charge in [-0.05, 0) is 85.2 Å². The number of rotatable bonds is 10. The molecule has 1 aliphatic carbocycles. The molecule has 0 unspecified atom stereocenters. The van der Waals surface area contributed by atoms with Gasteiger partial charge in [-0.1, -0.05) is 12.1 Å². The van der Waals surface area contributed by atoms with Crippen molar-refractivity contribution in [2.24, 2.45) is 0 Å². The first-order valence-electron chi connectivity index (χ1n) is 13.8. The van der Waals surface area contributed by atoms with E-state index < -0.39 is 15.9 Å². The summed E-state index contributed by atoms with van der Waals surface area (Å²) in [5.41, 5.74) is 6.47. The average Bonchev–Trinajstić information content (AvgIpc) is 3.51. The van der Waals surface area contributed by atoms with Crippen LogP contribution in [0.2, 0.25) is 0 Å². The van der Waals surface area contributed by atoms with E-state index in [1.807, 2.05) is 50.2 Å². The molecule has 1 aliphatic heterocycles. The smallest absolute Gasteiger partial charge is 0.306 e. The lowest BCUT2D eigenvalue weighted by Gasteiger charge is -2.19. The number of carbonyl (C=O) groups is 1. The molecule has 0 amide bonds. The molecule has 41 heavy (non-hydrogen) atoms. The van der Waals surface area contributed by atoms with Crippen LogP contribution in [-0.2, 0) is 25.8 Å². The summed E-state index contributed by atoms with van der Waals surface area (Å²) in [7, 11) is -1.65. The minimum Gasteiger partial charge on any atom is -0.494 e. The van der Waals surface area contributed by atoms with Crippen molar-refractivity contribution in [1.82, 2.24) is 0 Å². The molecule has 0 spiro atoms. The molecule has 1 heterocycles. The van der Waals surface area contributed by atoms with E-state index in [2.05, 4.69) is 0 Å². The molecule has 9 heteroatoms. The van der Waals surface area contributed by atoms with E-state index in [0.29, 0.717) is 55.3 Å². The molecular formula is C32H35FO7S. The summed E-state index contributed by atoms with van der Waals surface area (Å²) in [6.45, 7) is 4.72. The molecule has 2 aliphatic rings. The van der Waals surface area contributed by atoms with Crippen molar-refractivity contribution in [2.45, 2.75) is 51.6 Å². The Bertz CT molecular complexity index is 1560. The summed E-state index contributed by atoms with van der Waals surface area (Å²) < 4.78 is 60.8. The van der Waals surface area contributed by atoms with Crippen molar-refractivity contribution in [3.63, 3.8) is 0 Å². The van der Waals surface area contributed by atoms with Gasteiger partial charge in [0.1, 0.15) is 39.0 Å². The summed E-state index contributed by atoms with van der Waals surface area (Å²) in [5.74, 6) is 1.41. The Hall–Kier alpha value is -3.59. The Labute approximate surface area is 240 Å². The fraction of sp³-hybridized carbons (Fsp3) is 0.406. The van der Waals surface area contributed by atoms with Gasteiger partial charge in [-0.2, -0.15) is 0 Å². The highest BCUT2D eigenvalue weighted by molar-refractivity contribution is 7.90. The summed E-state index contributed by atoms with van der Waals surface area (Å²) in [6.07, 6.45) is 2.79. The molecule has 0 fully saturated rings. The molecule has 2 atom stereocenters. The maximum absolute atomic E-state index is 15.3. The molecule has 0 saturated carbocycles. The van der Waals surface area contributed by atoms with Crippen LogP contribution < -0.4 is 14.2 Å². The summed E-state index contributed by atoms with van der Waals surface area (Å²) in [6, 6.07) is 12.8. The zero-order valence-electron chi connectivity index (χ0n) is 23.8. The second kappa shape index (κ2) is 11.7. The highest BCUT2D eigenvalue weighted by Crippen LogP contribution is 2.45. The molecule has 3 aromatic rings. The van der Waals surface area contributed by atoms with Crippen molar-refractivity contribution in [3.05, 3.63) is 76.1 Å². The average molecular weight is 583 g/mol. The third kappa shape index (κ3) is 6.35. The van der Waals surface area contributed by atoms with Crippen LogP contribution in [0.1, 0.15) is 59.1 Å². The van der Waals surface area contributed by atoms with Crippen LogP contribution in [0.3, 0.4) is 0 Å². The Morgan fingerprint density at radius 2 is 1.83 bits per heavy atom. The van der Waals surface area contributed by atoms with Crippen molar-refractivity contribution < 1.29 is 36.6 Å². The van der Waals surface area contributed by atoms with E-state index in [9.17, 15) is 13.2 Å². The van der Waals surface area contributed by atoms with Gasteiger partial charge in [-0.3, -0.25) is 4.79 Å². The Morgan fingerprint density at radius 3 is 2.54 bits per heavy atom. The van der Waals surface area contributed by atoms with E-state index in [0.717, 1.165) is 33.4 Å². The topological polar surface area (TPSA) is 88.1 Å². The fourth-order valence-electron chi connectivity index (χ4n) is 5.92. The van der Waals surface area contributed by atoms with Gasteiger partial charge in [0, 0.05) is 29.4 Å². The van der Waals surface area contributed by atoms with E-state index in [1.165, 1.54) is 19.4 Å². The SMILES string of the molecule is COC(=O)C[C@@H]1COc2cc(O[C@@H]3CCc4c(-c5c(C)cc(OCCCS(C)(=O)=O)cc5C)ccc(F)c43)ccc21. The van der Waals surface area contributed by atoms with Gasteiger partial charge < -0.3 is 18.9 Å². The quantitative estimate of drug-likeness (QED) is 0.213. The summed E-state index contributed by atoms with van der Waals surface area (Å²) in [5, 5.41) is 0. The molecule has 0 aromatic heterocycles. The summed E-state index contributed by atoms with van der Waals surface area (Å²) >= 11 is 0. The van der Waals surface area contributed by atoms with E-state index >= 15 is 4.39 Å². The number of carbonyl (C=O) groups excluding carboxylic acids is 1. The number of hydrogen-bond acceptors (Lipinski definition) is 7. The van der Waals surface area contributed by atoms with Crippen LogP contribution in [0.5, 0.6) is 17.2 Å². The van der Waals surface area contributed by atoms with Crippen molar-refractivity contribution in [2.75, 3.05) is 32.3 Å². The molecule has 0 saturated heterocycles. The molecule has 5 rings (SSSR count). The number of hydrogen-bond donors (Lipinski definition) is 0. The van der Waals surface area contributed by atoms with E-state index in [-0.39, 0.29) is 29.9 Å². The lowest BCUT2D eigenvalue weighted by atomic mass is 9.90. The maximum atomic E-state index is 15.3. The largest absolute Gasteiger partial charge is 0.494 e. The normalized spacial score (nSPS) is 17.5. The van der Waals surface area contributed by atoms with Gasteiger partial charge in [0.05, 0.1) is 32.5 Å². The number of fused-ring (bicyclic) bond motifs is 2. The Morgan fingerprint density at radius 1 is 1.07 bits per heavy atom. The minimum absolute atomic E-state index is 0.0607. The highest BCUT2D eigenvalue weighted by atomic mass is 32.2. The van der Waals surface area contributed by atoms with Gasteiger partial charge in [0.25, 0.3) is 0 Å². The van der Waals surface area contributed by atoms with Crippen LogP contribution in [0.4, 0.5) is 4.39 Å². The first-order valence-corrected chi connectivity index (χ1v) is 15.8. The number of aryl methyl sites for hydroxylation is 2. The predicted molar refractivity (Wildman–Crippen MR) is 154 cm³/mol. The van der Waals surface area contributed by atoms with Crippen molar-refractivity contribution in [1.29, 1.82) is 0 Å². The first kappa shape index (κ1) is 28.9. The van der Waals surface area contributed by atoms with Crippen LogP contribution in [0.25, 0.3) is 11.1 Å². The van der Waals surface area contributed by atoms with Crippen LogP contribution in [-0.4, -0.2) is 46.7 Å². The van der Waals surface area contributed by atoms with Crippen LogP contribution in [0.15, 0.2) is 42.5 Å². The minimum atomic E-state index is -3.02. The van der Waals surface area contributed by atoms with Crippen molar-refractivity contribution >= 4 is 15.8 Å². The number of ether oxygens (including phenoxy) is 4. The van der Waals surface area contributed by atoms with E-state index in [4.69, 9.17) is 18.9 Å². The van der Waals surface area contributed by atoms with E-state index in [1.54, 1.807) is 0 Å². The highest BCUT2D eigenvalue weighted by Gasteiger charge is 2.32. The lowest BCUT2D eigenvalue weighted by molar-refractivity contribution is -0.141. The maximum Gasteiger partial charge on any atom is 0.306 e. The number of sulfone groups is 1. The second-order valence-electron chi connectivity index (χ2n) is 10.9. The predicted octanol–water partition coefficient (Wildman–Crippen LogP) is 6.03. The molecule has 0 bridgehead atoms. The Balaban J connectivity index is 1.35. The van der Waals surface area contributed by atoms with Gasteiger partial charge >= 0.3 is 5.97 Å². The molecule has 218 valence electrons. The number of esters is 1. The van der Waals surface area contributed by atoms with Gasteiger partial charge in [-0.25, -0.2) is 12.8 Å². The Kier molecular flexibility index (Phi) is 8.27. The van der Waals surface area contributed by atoms with Gasteiger partial charge in [0.2, 0.25) is 0 Å². The third-order valence-corrected chi connectivity index (χ3v) is 8.80.